The highest BCUT2D eigenvalue weighted by atomic mass is 16.5. The number of likely N-dealkylation sites (tertiary alicyclic amines) is 1. The maximum atomic E-state index is 13.1. The number of anilines is 1. The molecule has 2 aliphatic rings. The molecule has 1 fully saturated rings. The van der Waals surface area contributed by atoms with Crippen molar-refractivity contribution in [1.29, 1.82) is 0 Å². The molecule has 0 aliphatic carbocycles. The van der Waals surface area contributed by atoms with Crippen LogP contribution >= 0.6 is 0 Å². The van der Waals surface area contributed by atoms with Crippen molar-refractivity contribution in [3.63, 3.8) is 0 Å². The Morgan fingerprint density at radius 3 is 2.50 bits per heavy atom. The lowest BCUT2D eigenvalue weighted by Crippen LogP contribution is -2.56. The van der Waals surface area contributed by atoms with E-state index in [0.29, 0.717) is 25.5 Å². The van der Waals surface area contributed by atoms with Gasteiger partial charge < -0.3 is 15.0 Å². The summed E-state index contributed by atoms with van der Waals surface area (Å²) in [4.78, 5) is 26.9. The lowest BCUT2D eigenvalue weighted by atomic mass is 9.96. The van der Waals surface area contributed by atoms with E-state index in [1.165, 1.54) is 5.56 Å². The first-order valence-corrected chi connectivity index (χ1v) is 9.65. The normalized spacial score (nSPS) is 16.6. The first kappa shape index (κ1) is 18.3. The molecule has 0 spiro atoms. The van der Waals surface area contributed by atoms with E-state index in [1.807, 2.05) is 54.6 Å². The molecule has 1 saturated heterocycles. The molecule has 0 radical (unpaired) electrons. The van der Waals surface area contributed by atoms with Crippen molar-refractivity contribution in [3.05, 3.63) is 65.2 Å². The molecule has 28 heavy (non-hydrogen) atoms. The number of carbonyl (C=O) groups is 2. The number of β-lactam (4-membered cyclic amide) rings is 1. The molecule has 2 amide bonds. The lowest BCUT2D eigenvalue weighted by Gasteiger charge is -2.39. The summed E-state index contributed by atoms with van der Waals surface area (Å²) in [6.07, 6.45) is 2.45. The Bertz CT molecular complexity index is 931. The third kappa shape index (κ3) is 3.52. The van der Waals surface area contributed by atoms with Gasteiger partial charge in [0.25, 0.3) is 5.91 Å². The van der Waals surface area contributed by atoms with Gasteiger partial charge in [0, 0.05) is 24.2 Å². The van der Waals surface area contributed by atoms with Crippen molar-refractivity contribution >= 4 is 23.6 Å². The average Bonchev–Trinajstić information content (AvgIpc) is 2.70. The Kier molecular flexibility index (Phi) is 4.90. The van der Waals surface area contributed by atoms with Crippen LogP contribution in [0.4, 0.5) is 5.69 Å². The van der Waals surface area contributed by atoms with E-state index in [2.05, 4.69) is 19.2 Å². The lowest BCUT2D eigenvalue weighted by molar-refractivity contribution is -0.145. The molecule has 0 aromatic heterocycles. The van der Waals surface area contributed by atoms with Crippen molar-refractivity contribution in [3.8, 4) is 5.75 Å². The SMILES string of the molecule is CC(C)c1ccc(NC(=O)[C@H](C2=Cc3ccccc3OC2)N2CCC2=O)cc1. The van der Waals surface area contributed by atoms with Gasteiger partial charge >= 0.3 is 0 Å². The molecule has 0 saturated carbocycles. The Hall–Kier alpha value is -3.08. The summed E-state index contributed by atoms with van der Waals surface area (Å²) >= 11 is 0. The number of nitrogens with one attached hydrogen (secondary N) is 1. The molecule has 2 aromatic rings. The van der Waals surface area contributed by atoms with E-state index < -0.39 is 6.04 Å². The molecule has 1 N–H and O–H groups in total. The third-order valence-corrected chi connectivity index (χ3v) is 5.30. The second-order valence-corrected chi connectivity index (χ2v) is 7.55. The Balaban J connectivity index is 1.59. The number of carbonyl (C=O) groups excluding carboxylic acids is 2. The number of para-hydroxylation sites is 1. The van der Waals surface area contributed by atoms with E-state index in [1.54, 1.807) is 4.90 Å². The van der Waals surface area contributed by atoms with Crippen LogP contribution in [0, 0.1) is 0 Å². The van der Waals surface area contributed by atoms with Gasteiger partial charge in [0.05, 0.1) is 0 Å². The van der Waals surface area contributed by atoms with Crippen molar-refractivity contribution < 1.29 is 14.3 Å². The molecule has 0 bridgehead atoms. The maximum Gasteiger partial charge on any atom is 0.251 e. The third-order valence-electron chi connectivity index (χ3n) is 5.30. The largest absolute Gasteiger partial charge is 0.489 e. The number of rotatable bonds is 5. The molecular weight excluding hydrogens is 352 g/mol. The Morgan fingerprint density at radius 2 is 1.86 bits per heavy atom. The fourth-order valence-corrected chi connectivity index (χ4v) is 3.57. The minimum atomic E-state index is -0.653. The van der Waals surface area contributed by atoms with Gasteiger partial charge in [-0.1, -0.05) is 44.2 Å². The first-order valence-electron chi connectivity index (χ1n) is 9.65. The van der Waals surface area contributed by atoms with Crippen molar-refractivity contribution in [2.45, 2.75) is 32.2 Å². The zero-order chi connectivity index (χ0) is 19.7. The molecule has 0 unspecified atom stereocenters. The highest BCUT2D eigenvalue weighted by Crippen LogP contribution is 2.30. The van der Waals surface area contributed by atoms with Crippen LogP contribution in [0.2, 0.25) is 0 Å². The fourth-order valence-electron chi connectivity index (χ4n) is 3.57. The topological polar surface area (TPSA) is 58.6 Å². The number of benzene rings is 2. The summed E-state index contributed by atoms with van der Waals surface area (Å²) in [5.74, 6) is 1.01. The Morgan fingerprint density at radius 1 is 1.11 bits per heavy atom. The monoisotopic (exact) mass is 376 g/mol. The molecule has 5 heteroatoms. The van der Waals surface area contributed by atoms with Gasteiger partial charge in [0.15, 0.2) is 0 Å². The summed E-state index contributed by atoms with van der Waals surface area (Å²) in [7, 11) is 0. The molecule has 2 heterocycles. The smallest absolute Gasteiger partial charge is 0.251 e. The highest BCUT2D eigenvalue weighted by Gasteiger charge is 2.38. The van der Waals surface area contributed by atoms with Crippen LogP contribution in [0.15, 0.2) is 54.1 Å². The number of amides is 2. The number of ether oxygens (including phenoxy) is 1. The number of fused-ring (bicyclic) bond motifs is 1. The van der Waals surface area contributed by atoms with E-state index in [0.717, 1.165) is 22.6 Å². The van der Waals surface area contributed by atoms with E-state index in [9.17, 15) is 9.59 Å². The molecule has 144 valence electrons. The summed E-state index contributed by atoms with van der Waals surface area (Å²) in [5.41, 5.74) is 3.66. The standard InChI is InChI=1S/C23H24N2O3/c1-15(2)16-7-9-19(10-8-16)24-23(27)22(25-12-11-21(25)26)18-13-17-5-3-4-6-20(17)28-14-18/h3-10,13,15,22H,11-12,14H2,1-2H3,(H,24,27)/t22-/m0/s1. The van der Waals surface area contributed by atoms with Crippen molar-refractivity contribution in [1.82, 2.24) is 4.90 Å². The summed E-state index contributed by atoms with van der Waals surface area (Å²) in [6.45, 7) is 5.15. The number of nitrogens with zero attached hydrogens (tertiary/aromatic N) is 1. The van der Waals surface area contributed by atoms with Crippen LogP contribution in [0.25, 0.3) is 6.08 Å². The molecule has 2 aliphatic heterocycles. The van der Waals surface area contributed by atoms with Gasteiger partial charge in [-0.25, -0.2) is 0 Å². The molecule has 4 rings (SSSR count). The first-order chi connectivity index (χ1) is 13.5. The zero-order valence-electron chi connectivity index (χ0n) is 16.1. The van der Waals surface area contributed by atoms with Crippen molar-refractivity contribution in [2.75, 3.05) is 18.5 Å². The van der Waals surface area contributed by atoms with E-state index >= 15 is 0 Å². The van der Waals surface area contributed by atoms with Gasteiger partial charge in [0.2, 0.25) is 5.91 Å². The quantitative estimate of drug-likeness (QED) is 0.807. The number of hydrogen-bond acceptors (Lipinski definition) is 3. The van der Waals surface area contributed by atoms with Gasteiger partial charge in [-0.2, -0.15) is 0 Å². The summed E-state index contributed by atoms with van der Waals surface area (Å²) < 4.78 is 5.83. The molecule has 2 aromatic carbocycles. The Labute approximate surface area is 165 Å². The van der Waals surface area contributed by atoms with Gasteiger partial charge in [0.1, 0.15) is 18.4 Å². The summed E-state index contributed by atoms with van der Waals surface area (Å²) in [5, 5.41) is 2.97. The van der Waals surface area contributed by atoms with Gasteiger partial charge in [-0.05, 0) is 41.3 Å². The summed E-state index contributed by atoms with van der Waals surface area (Å²) in [6, 6.07) is 14.9. The minimum absolute atomic E-state index is 0.00457. The van der Waals surface area contributed by atoms with Gasteiger partial charge in [-0.15, -0.1) is 0 Å². The zero-order valence-corrected chi connectivity index (χ0v) is 16.1. The van der Waals surface area contributed by atoms with Crippen LogP contribution in [-0.4, -0.2) is 35.9 Å². The van der Waals surface area contributed by atoms with Crippen LogP contribution in [0.5, 0.6) is 5.75 Å². The van der Waals surface area contributed by atoms with Crippen LogP contribution in [-0.2, 0) is 9.59 Å². The second-order valence-electron chi connectivity index (χ2n) is 7.55. The number of hydrogen-bond donors (Lipinski definition) is 1. The van der Waals surface area contributed by atoms with Crippen LogP contribution in [0.1, 0.15) is 37.3 Å². The predicted molar refractivity (Wildman–Crippen MR) is 109 cm³/mol. The van der Waals surface area contributed by atoms with Crippen LogP contribution < -0.4 is 10.1 Å². The molecule has 1 atom stereocenters. The van der Waals surface area contributed by atoms with E-state index in [-0.39, 0.29) is 11.8 Å². The molecular formula is C23H24N2O3. The van der Waals surface area contributed by atoms with Gasteiger partial charge in [-0.3, -0.25) is 9.59 Å². The molecule has 5 nitrogen and oxygen atoms in total. The predicted octanol–water partition coefficient (Wildman–Crippen LogP) is 3.83. The van der Waals surface area contributed by atoms with E-state index in [4.69, 9.17) is 4.74 Å². The van der Waals surface area contributed by atoms with Crippen LogP contribution in [0.3, 0.4) is 0 Å². The fraction of sp³-hybridized carbons (Fsp3) is 0.304. The highest BCUT2D eigenvalue weighted by molar-refractivity contribution is 6.01. The second kappa shape index (κ2) is 7.50. The maximum absolute atomic E-state index is 13.1. The minimum Gasteiger partial charge on any atom is -0.489 e. The average molecular weight is 376 g/mol. The van der Waals surface area contributed by atoms with Crippen molar-refractivity contribution in [2.24, 2.45) is 0 Å².